The Morgan fingerprint density at radius 2 is 1.95 bits per heavy atom. The first-order valence-electron chi connectivity index (χ1n) is 7.29. The third-order valence-electron chi connectivity index (χ3n) is 4.50. The van der Waals surface area contributed by atoms with Crippen molar-refractivity contribution in [3.63, 3.8) is 0 Å². The molecule has 4 nitrogen and oxygen atoms in total. The van der Waals surface area contributed by atoms with E-state index >= 15 is 0 Å². The Morgan fingerprint density at radius 3 is 2.65 bits per heavy atom. The molecular weight excluding hydrogens is 272 g/mol. The topological polar surface area (TPSA) is 63.1 Å². The van der Waals surface area contributed by atoms with Crippen LogP contribution in [0.5, 0.6) is 0 Å². The van der Waals surface area contributed by atoms with Gasteiger partial charge in [0.05, 0.1) is 0 Å². The van der Waals surface area contributed by atoms with Gasteiger partial charge in [-0.3, -0.25) is 0 Å². The molecule has 0 amide bonds. The third-order valence-corrected chi connectivity index (χ3v) is 5.69. The number of aromatic nitrogens is 2. The first-order valence-corrected chi connectivity index (χ1v) is 8.11. The Bertz CT molecular complexity index is 703. The second-order valence-electron chi connectivity index (χ2n) is 5.75. The fourth-order valence-electron chi connectivity index (χ4n) is 3.18. The van der Waals surface area contributed by atoms with Crippen molar-refractivity contribution < 1.29 is 9.90 Å². The normalized spacial score (nSPS) is 18.8. The highest BCUT2D eigenvalue weighted by Crippen LogP contribution is 2.40. The number of hydrogen-bond acceptors (Lipinski definition) is 4. The summed E-state index contributed by atoms with van der Waals surface area (Å²) in [5.41, 5.74) is 1.44. The molecule has 2 aromatic heterocycles. The number of carboxylic acid groups (broad SMARTS) is 1. The van der Waals surface area contributed by atoms with Gasteiger partial charge in [0.1, 0.15) is 10.7 Å². The minimum absolute atomic E-state index is 0.233. The van der Waals surface area contributed by atoms with E-state index in [1.807, 2.05) is 0 Å². The second-order valence-corrected chi connectivity index (χ2v) is 6.84. The Hall–Kier alpha value is -1.49. The van der Waals surface area contributed by atoms with Gasteiger partial charge in [-0.25, -0.2) is 14.8 Å². The predicted molar refractivity (Wildman–Crippen MR) is 77.6 cm³/mol. The summed E-state index contributed by atoms with van der Waals surface area (Å²) in [6.07, 6.45) is 7.77. The Balaban J connectivity index is 1.96. The number of fused-ring (bicyclic) bond motifs is 3. The Morgan fingerprint density at radius 1 is 1.15 bits per heavy atom. The molecule has 2 aromatic rings. The molecule has 0 atom stereocenters. The molecule has 1 N–H and O–H groups in total. The van der Waals surface area contributed by atoms with E-state index in [1.54, 1.807) is 11.3 Å². The molecule has 4 rings (SSSR count). The van der Waals surface area contributed by atoms with Gasteiger partial charge in [-0.1, -0.05) is 6.42 Å². The van der Waals surface area contributed by atoms with Gasteiger partial charge in [0.15, 0.2) is 5.69 Å². The van der Waals surface area contributed by atoms with Crippen molar-refractivity contribution in [2.75, 3.05) is 0 Å². The van der Waals surface area contributed by atoms with Gasteiger partial charge in [0.2, 0.25) is 0 Å². The van der Waals surface area contributed by atoms with Gasteiger partial charge in [-0.2, -0.15) is 0 Å². The number of carboxylic acids is 1. The van der Waals surface area contributed by atoms with Crippen molar-refractivity contribution in [3.8, 4) is 0 Å². The molecule has 104 valence electrons. The number of carbonyl (C=O) groups is 1. The van der Waals surface area contributed by atoms with Gasteiger partial charge in [-0.05, 0) is 44.1 Å². The fourth-order valence-corrected chi connectivity index (χ4v) is 4.45. The maximum atomic E-state index is 11.6. The molecule has 0 radical (unpaired) electrons. The largest absolute Gasteiger partial charge is 0.476 e. The minimum atomic E-state index is -0.913. The third kappa shape index (κ3) is 1.76. The molecule has 2 aliphatic rings. The van der Waals surface area contributed by atoms with Crippen LogP contribution < -0.4 is 0 Å². The quantitative estimate of drug-likeness (QED) is 0.918. The van der Waals surface area contributed by atoms with Crippen LogP contribution in [-0.2, 0) is 12.8 Å². The van der Waals surface area contributed by atoms with E-state index in [-0.39, 0.29) is 5.69 Å². The van der Waals surface area contributed by atoms with E-state index in [0.717, 1.165) is 48.1 Å². The van der Waals surface area contributed by atoms with Crippen LogP contribution in [0.4, 0.5) is 0 Å². The van der Waals surface area contributed by atoms with E-state index in [1.165, 1.54) is 23.3 Å². The zero-order valence-electron chi connectivity index (χ0n) is 11.2. The maximum Gasteiger partial charge on any atom is 0.355 e. The van der Waals surface area contributed by atoms with Crippen molar-refractivity contribution >= 4 is 27.5 Å². The van der Waals surface area contributed by atoms with Crippen LogP contribution in [0.2, 0.25) is 0 Å². The minimum Gasteiger partial charge on any atom is -0.476 e. The van der Waals surface area contributed by atoms with Crippen LogP contribution in [0.15, 0.2) is 0 Å². The lowest BCUT2D eigenvalue weighted by atomic mass is 9.84. The molecule has 1 saturated carbocycles. The van der Waals surface area contributed by atoms with Crippen LogP contribution >= 0.6 is 11.3 Å². The van der Waals surface area contributed by atoms with Crippen molar-refractivity contribution in [3.05, 3.63) is 22.0 Å². The number of rotatable bonds is 2. The Kier molecular flexibility index (Phi) is 2.77. The van der Waals surface area contributed by atoms with Gasteiger partial charge in [-0.15, -0.1) is 11.3 Å². The molecule has 1 fully saturated rings. The van der Waals surface area contributed by atoms with E-state index < -0.39 is 5.97 Å². The lowest BCUT2D eigenvalue weighted by molar-refractivity contribution is 0.0692. The summed E-state index contributed by atoms with van der Waals surface area (Å²) in [6.45, 7) is 0. The molecule has 0 bridgehead atoms. The van der Waals surface area contributed by atoms with Gasteiger partial charge in [0, 0.05) is 16.2 Å². The fraction of sp³-hybridized carbons (Fsp3) is 0.533. The molecule has 0 aromatic carbocycles. The first kappa shape index (κ1) is 12.3. The Labute approximate surface area is 120 Å². The maximum absolute atomic E-state index is 11.6. The molecule has 0 spiro atoms. The van der Waals surface area contributed by atoms with Crippen molar-refractivity contribution in [1.29, 1.82) is 0 Å². The monoisotopic (exact) mass is 288 g/mol. The summed E-state index contributed by atoms with van der Waals surface area (Å²) in [7, 11) is 0. The first-order chi connectivity index (χ1) is 9.74. The van der Waals surface area contributed by atoms with E-state index in [4.69, 9.17) is 0 Å². The standard InChI is InChI=1S/C15H16N2O2S/c18-15(19)12-11-9-6-1-2-7-10(9)20-14(11)17-13(16-12)8-4-3-5-8/h8H,1-7H2,(H,18,19). The van der Waals surface area contributed by atoms with Crippen LogP contribution in [0.3, 0.4) is 0 Å². The lowest BCUT2D eigenvalue weighted by Gasteiger charge is -2.23. The molecule has 20 heavy (non-hydrogen) atoms. The second kappa shape index (κ2) is 4.52. The molecular formula is C15H16N2O2S. The predicted octanol–water partition coefficient (Wildman–Crippen LogP) is 3.54. The smallest absolute Gasteiger partial charge is 0.355 e. The SMILES string of the molecule is O=C(O)c1nc(C2CCC2)nc2sc3c(c12)CCCC3. The molecule has 0 saturated heterocycles. The van der Waals surface area contributed by atoms with Gasteiger partial charge in [0.25, 0.3) is 0 Å². The van der Waals surface area contributed by atoms with Crippen molar-refractivity contribution in [2.24, 2.45) is 0 Å². The highest BCUT2D eigenvalue weighted by molar-refractivity contribution is 7.18. The molecule has 0 unspecified atom stereocenters. The number of hydrogen-bond donors (Lipinski definition) is 1. The summed E-state index contributed by atoms with van der Waals surface area (Å²) < 4.78 is 0. The van der Waals surface area contributed by atoms with Crippen LogP contribution in [0.1, 0.15) is 64.8 Å². The number of nitrogens with zero attached hydrogens (tertiary/aromatic N) is 2. The number of aryl methyl sites for hydroxylation is 2. The zero-order chi connectivity index (χ0) is 13.7. The number of thiophene rings is 1. The molecule has 2 heterocycles. The average molecular weight is 288 g/mol. The summed E-state index contributed by atoms with van der Waals surface area (Å²) in [5, 5.41) is 10.3. The summed E-state index contributed by atoms with van der Waals surface area (Å²) in [4.78, 5) is 22.9. The van der Waals surface area contributed by atoms with Crippen molar-refractivity contribution in [2.45, 2.75) is 50.9 Å². The zero-order valence-corrected chi connectivity index (χ0v) is 12.0. The highest BCUT2D eigenvalue weighted by Gasteiger charge is 2.28. The molecule has 5 heteroatoms. The van der Waals surface area contributed by atoms with Gasteiger partial charge >= 0.3 is 5.97 Å². The summed E-state index contributed by atoms with van der Waals surface area (Å²) >= 11 is 1.68. The lowest BCUT2D eigenvalue weighted by Crippen LogP contribution is -2.15. The van der Waals surface area contributed by atoms with E-state index in [0.29, 0.717) is 5.92 Å². The molecule has 2 aliphatic carbocycles. The van der Waals surface area contributed by atoms with Gasteiger partial charge < -0.3 is 5.11 Å². The average Bonchev–Trinajstić information content (AvgIpc) is 2.73. The van der Waals surface area contributed by atoms with Crippen LogP contribution in [0.25, 0.3) is 10.2 Å². The van der Waals surface area contributed by atoms with Crippen LogP contribution in [0, 0.1) is 0 Å². The summed E-state index contributed by atoms with van der Waals surface area (Å²) in [6, 6.07) is 0. The van der Waals surface area contributed by atoms with Crippen LogP contribution in [-0.4, -0.2) is 21.0 Å². The van der Waals surface area contributed by atoms with E-state index in [2.05, 4.69) is 9.97 Å². The number of aromatic carboxylic acids is 1. The molecule has 0 aliphatic heterocycles. The van der Waals surface area contributed by atoms with Crippen molar-refractivity contribution in [1.82, 2.24) is 9.97 Å². The van der Waals surface area contributed by atoms with E-state index in [9.17, 15) is 9.90 Å². The summed E-state index contributed by atoms with van der Waals surface area (Å²) in [5.74, 6) is 0.209. The highest BCUT2D eigenvalue weighted by atomic mass is 32.1.